The molecule has 0 spiro atoms. The quantitative estimate of drug-likeness (QED) is 0.620. The lowest BCUT2D eigenvalue weighted by atomic mass is 9.85. The van der Waals surface area contributed by atoms with Gasteiger partial charge < -0.3 is 9.67 Å². The molecule has 140 valence electrons. The number of rotatable bonds is 6. The van der Waals surface area contributed by atoms with Gasteiger partial charge in [-0.15, -0.1) is 0 Å². The summed E-state index contributed by atoms with van der Waals surface area (Å²) in [5.74, 6) is 1.86. The molecule has 7 heteroatoms. The summed E-state index contributed by atoms with van der Waals surface area (Å²) in [5, 5.41) is 12.1. The molecular weight excluding hydrogens is 346 g/mol. The van der Waals surface area contributed by atoms with Crippen molar-refractivity contribution in [3.05, 3.63) is 36.2 Å². The summed E-state index contributed by atoms with van der Waals surface area (Å²) < 4.78 is 1.95. The van der Waals surface area contributed by atoms with E-state index in [1.807, 2.05) is 30.2 Å². The van der Waals surface area contributed by atoms with E-state index >= 15 is 0 Å². The third-order valence-corrected chi connectivity index (χ3v) is 6.72. The Labute approximate surface area is 159 Å². The minimum atomic E-state index is -0.808. The van der Waals surface area contributed by atoms with Crippen molar-refractivity contribution >= 4 is 11.8 Å². The van der Waals surface area contributed by atoms with E-state index in [9.17, 15) is 5.11 Å². The molecule has 4 rings (SSSR count). The third kappa shape index (κ3) is 3.40. The molecule has 2 saturated heterocycles. The number of nitrogens with zero attached hydrogens (tertiary/aromatic N) is 5. The van der Waals surface area contributed by atoms with Crippen molar-refractivity contribution < 1.29 is 5.11 Å². The van der Waals surface area contributed by atoms with Gasteiger partial charge in [0.05, 0.1) is 0 Å². The molecule has 1 N–H and O–H groups in total. The Kier molecular flexibility index (Phi) is 5.03. The van der Waals surface area contributed by atoms with Crippen molar-refractivity contribution in [3.63, 3.8) is 0 Å². The number of aromatic nitrogens is 4. The predicted molar refractivity (Wildman–Crippen MR) is 102 cm³/mol. The van der Waals surface area contributed by atoms with E-state index in [4.69, 9.17) is 0 Å². The monoisotopic (exact) mass is 373 g/mol. The van der Waals surface area contributed by atoms with Gasteiger partial charge in [-0.1, -0.05) is 18.7 Å². The van der Waals surface area contributed by atoms with E-state index in [1.165, 1.54) is 0 Å². The van der Waals surface area contributed by atoms with E-state index < -0.39 is 5.60 Å². The number of piperidine rings is 1. The standard InChI is InChI=1S/C19H27N5OS/c1-3-8-26-18-21-11-14(12-22-18)13-24-15-4-5-16(24)10-19(25,9-15)17-20-6-7-23(17)2/h6-7,11-12,15-16,25H,3-5,8-10,13H2,1-2H3/t15-,16-/m0/s1. The average molecular weight is 374 g/mol. The van der Waals surface area contributed by atoms with Gasteiger partial charge in [-0.3, -0.25) is 4.90 Å². The highest BCUT2D eigenvalue weighted by Gasteiger charge is 2.49. The van der Waals surface area contributed by atoms with Crippen LogP contribution in [0.15, 0.2) is 29.9 Å². The summed E-state index contributed by atoms with van der Waals surface area (Å²) in [7, 11) is 1.96. The zero-order valence-electron chi connectivity index (χ0n) is 15.5. The van der Waals surface area contributed by atoms with E-state index in [0.29, 0.717) is 12.1 Å². The molecule has 0 aliphatic carbocycles. The van der Waals surface area contributed by atoms with Gasteiger partial charge >= 0.3 is 0 Å². The highest BCUT2D eigenvalue weighted by Crippen LogP contribution is 2.45. The van der Waals surface area contributed by atoms with Gasteiger partial charge in [0, 0.05) is 61.8 Å². The molecule has 2 fully saturated rings. The van der Waals surface area contributed by atoms with Gasteiger partial charge in [-0.2, -0.15) is 0 Å². The Balaban J connectivity index is 1.45. The molecule has 26 heavy (non-hydrogen) atoms. The lowest BCUT2D eigenvalue weighted by molar-refractivity contribution is -0.0670. The van der Waals surface area contributed by atoms with Crippen molar-refractivity contribution in [1.29, 1.82) is 0 Å². The highest BCUT2D eigenvalue weighted by atomic mass is 32.2. The summed E-state index contributed by atoms with van der Waals surface area (Å²) >= 11 is 1.71. The van der Waals surface area contributed by atoms with Gasteiger partial charge in [0.1, 0.15) is 11.4 Å². The first-order valence-corrected chi connectivity index (χ1v) is 10.5. The summed E-state index contributed by atoms with van der Waals surface area (Å²) in [4.78, 5) is 16.0. The molecule has 0 unspecified atom stereocenters. The molecule has 2 atom stereocenters. The lowest BCUT2D eigenvalue weighted by Gasteiger charge is -2.43. The second kappa shape index (κ2) is 7.29. The third-order valence-electron chi connectivity index (χ3n) is 5.64. The van der Waals surface area contributed by atoms with Crippen molar-refractivity contribution in [2.75, 3.05) is 5.75 Å². The zero-order chi connectivity index (χ0) is 18.1. The molecular formula is C19H27N5OS. The lowest BCUT2D eigenvalue weighted by Crippen LogP contribution is -2.50. The molecule has 0 amide bonds. The van der Waals surface area contributed by atoms with Crippen molar-refractivity contribution in [2.24, 2.45) is 7.05 Å². The smallest absolute Gasteiger partial charge is 0.187 e. The molecule has 2 aliphatic heterocycles. The van der Waals surface area contributed by atoms with Crippen LogP contribution in [0, 0.1) is 0 Å². The van der Waals surface area contributed by atoms with E-state index in [2.05, 4.69) is 26.8 Å². The van der Waals surface area contributed by atoms with Gasteiger partial charge in [-0.25, -0.2) is 15.0 Å². The van der Waals surface area contributed by atoms with Crippen LogP contribution in [-0.2, 0) is 19.2 Å². The highest BCUT2D eigenvalue weighted by molar-refractivity contribution is 7.99. The van der Waals surface area contributed by atoms with Crippen LogP contribution in [0.25, 0.3) is 0 Å². The molecule has 2 aromatic heterocycles. The first-order valence-electron chi connectivity index (χ1n) is 9.48. The maximum Gasteiger partial charge on any atom is 0.187 e. The minimum absolute atomic E-state index is 0.393. The molecule has 2 aliphatic rings. The first-order chi connectivity index (χ1) is 12.6. The van der Waals surface area contributed by atoms with Crippen molar-refractivity contribution in [2.45, 2.75) is 68.4 Å². The fourth-order valence-electron chi connectivity index (χ4n) is 4.47. The van der Waals surface area contributed by atoms with E-state index in [0.717, 1.165) is 60.9 Å². The summed E-state index contributed by atoms with van der Waals surface area (Å²) in [6, 6.07) is 0.786. The number of fused-ring (bicyclic) bond motifs is 2. The van der Waals surface area contributed by atoms with Crippen molar-refractivity contribution in [3.8, 4) is 0 Å². The summed E-state index contributed by atoms with van der Waals surface area (Å²) in [6.45, 7) is 3.03. The number of thioether (sulfide) groups is 1. The van der Waals surface area contributed by atoms with Crippen LogP contribution < -0.4 is 0 Å². The topological polar surface area (TPSA) is 67.1 Å². The molecule has 0 radical (unpaired) electrons. The van der Waals surface area contributed by atoms with Crippen LogP contribution in [0.1, 0.15) is 50.4 Å². The number of aryl methyl sites for hydroxylation is 1. The van der Waals surface area contributed by atoms with Crippen LogP contribution >= 0.6 is 11.8 Å². The number of imidazole rings is 1. The molecule has 6 nitrogen and oxygen atoms in total. The maximum absolute atomic E-state index is 11.3. The Bertz CT molecular complexity index is 733. The number of hydrogen-bond donors (Lipinski definition) is 1. The molecule has 0 saturated carbocycles. The van der Waals surface area contributed by atoms with E-state index in [-0.39, 0.29) is 0 Å². The fourth-order valence-corrected chi connectivity index (χ4v) is 5.12. The summed E-state index contributed by atoms with van der Waals surface area (Å²) in [6.07, 6.45) is 12.5. The largest absolute Gasteiger partial charge is 0.382 e. The van der Waals surface area contributed by atoms with Crippen LogP contribution in [0.4, 0.5) is 0 Å². The van der Waals surface area contributed by atoms with E-state index in [1.54, 1.807) is 18.0 Å². The fraction of sp³-hybridized carbons (Fsp3) is 0.632. The SMILES string of the molecule is CCCSc1ncc(CN2[C@H]3CC[C@H]2CC(O)(c2nccn2C)C3)cn1. The Morgan fingerprint density at radius 2 is 1.88 bits per heavy atom. The molecule has 4 heterocycles. The normalized spacial score (nSPS) is 28.6. The second-order valence-electron chi connectivity index (χ2n) is 7.58. The maximum atomic E-state index is 11.3. The molecule has 2 aromatic rings. The second-order valence-corrected chi connectivity index (χ2v) is 8.64. The van der Waals surface area contributed by atoms with Crippen LogP contribution in [0.2, 0.25) is 0 Å². The molecule has 0 aromatic carbocycles. The van der Waals surface area contributed by atoms with Crippen LogP contribution in [0.5, 0.6) is 0 Å². The van der Waals surface area contributed by atoms with Crippen LogP contribution in [0.3, 0.4) is 0 Å². The van der Waals surface area contributed by atoms with Gasteiger partial charge in [-0.05, 0) is 32.1 Å². The van der Waals surface area contributed by atoms with Gasteiger partial charge in [0.2, 0.25) is 0 Å². The minimum Gasteiger partial charge on any atom is -0.382 e. The summed E-state index contributed by atoms with van der Waals surface area (Å²) in [5.41, 5.74) is 0.350. The predicted octanol–water partition coefficient (Wildman–Crippen LogP) is 2.73. The first kappa shape index (κ1) is 17.9. The van der Waals surface area contributed by atoms with Crippen molar-refractivity contribution in [1.82, 2.24) is 24.4 Å². The Hall–Kier alpha value is -1.44. The number of hydrogen-bond acceptors (Lipinski definition) is 6. The Morgan fingerprint density at radius 1 is 1.19 bits per heavy atom. The Morgan fingerprint density at radius 3 is 2.46 bits per heavy atom. The zero-order valence-corrected chi connectivity index (χ0v) is 16.3. The van der Waals surface area contributed by atoms with Gasteiger partial charge in [0.15, 0.2) is 5.16 Å². The molecule has 2 bridgehead atoms. The van der Waals surface area contributed by atoms with Crippen LogP contribution in [-0.4, -0.2) is 47.4 Å². The number of aliphatic hydroxyl groups is 1. The average Bonchev–Trinajstić information content (AvgIpc) is 3.17. The van der Waals surface area contributed by atoms with Gasteiger partial charge in [0.25, 0.3) is 0 Å².